The Balaban J connectivity index is 1.37. The Kier molecular flexibility index (Phi) is 4.90. The van der Waals surface area contributed by atoms with E-state index in [9.17, 15) is 9.90 Å². The van der Waals surface area contributed by atoms with Crippen LogP contribution in [0.25, 0.3) is 0 Å². The molecule has 2 aliphatic rings. The topological polar surface area (TPSA) is 62.2 Å². The zero-order chi connectivity index (χ0) is 18.8. The summed E-state index contributed by atoms with van der Waals surface area (Å²) in [4.78, 5) is 16.1. The smallest absolute Gasteiger partial charge is 0.165 e. The molecule has 0 atom stereocenters. The number of anilines is 1. The number of phenols is 1. The number of phenolic OH excluding ortho intramolecular Hbond substituents is 1. The number of hydrogen-bond acceptors (Lipinski definition) is 6. The van der Waals surface area contributed by atoms with Crippen molar-refractivity contribution in [2.24, 2.45) is 0 Å². The lowest BCUT2D eigenvalue weighted by Gasteiger charge is -2.36. The van der Waals surface area contributed by atoms with Gasteiger partial charge in [0.2, 0.25) is 0 Å². The summed E-state index contributed by atoms with van der Waals surface area (Å²) in [6.07, 6.45) is 0. The van der Waals surface area contributed by atoms with Crippen LogP contribution in [-0.4, -0.2) is 55.2 Å². The van der Waals surface area contributed by atoms with Gasteiger partial charge in [-0.15, -0.1) is 0 Å². The number of Topliss-reactive ketones (excluding diaryl/α,β-unsaturated/α-hetero) is 1. The minimum Gasteiger partial charge on any atom is -0.507 e. The Morgan fingerprint density at radius 3 is 2.26 bits per heavy atom. The van der Waals surface area contributed by atoms with Gasteiger partial charge in [-0.2, -0.15) is 0 Å². The minimum atomic E-state index is 0.0885. The lowest BCUT2D eigenvalue weighted by molar-refractivity contribution is 0.101. The van der Waals surface area contributed by atoms with E-state index in [0.29, 0.717) is 31.3 Å². The van der Waals surface area contributed by atoms with Crippen LogP contribution in [0.3, 0.4) is 0 Å². The minimum absolute atomic E-state index is 0.0885. The molecule has 0 radical (unpaired) electrons. The van der Waals surface area contributed by atoms with Crippen LogP contribution in [-0.2, 0) is 6.54 Å². The second kappa shape index (κ2) is 7.48. The van der Waals surface area contributed by atoms with Crippen LogP contribution in [0.4, 0.5) is 5.69 Å². The van der Waals surface area contributed by atoms with Gasteiger partial charge in [0, 0.05) is 55.6 Å². The van der Waals surface area contributed by atoms with E-state index in [1.807, 2.05) is 30.3 Å². The number of aromatic hydroxyl groups is 1. The highest BCUT2D eigenvalue weighted by Crippen LogP contribution is 2.36. The maximum atomic E-state index is 11.4. The fourth-order valence-electron chi connectivity index (χ4n) is 3.56. The fraction of sp³-hybridized carbons (Fsp3) is 0.381. The number of rotatable bonds is 4. The van der Waals surface area contributed by atoms with Gasteiger partial charge in [-0.25, -0.2) is 0 Å². The SMILES string of the molecule is CC(=O)c1ccc(N2CCN(Cc3cc4c(cc3O)OCCO4)CC2)cc1. The summed E-state index contributed by atoms with van der Waals surface area (Å²) in [5.74, 6) is 1.66. The quantitative estimate of drug-likeness (QED) is 0.838. The average Bonchev–Trinajstić information content (AvgIpc) is 2.69. The second-order valence-electron chi connectivity index (χ2n) is 6.99. The molecule has 0 aliphatic carbocycles. The highest BCUT2D eigenvalue weighted by molar-refractivity contribution is 5.94. The molecule has 1 N–H and O–H groups in total. The van der Waals surface area contributed by atoms with Gasteiger partial charge in [-0.1, -0.05) is 0 Å². The molecule has 1 fully saturated rings. The van der Waals surface area contributed by atoms with E-state index in [2.05, 4.69) is 9.80 Å². The molecule has 0 spiro atoms. The Hall–Kier alpha value is -2.73. The first kappa shape index (κ1) is 17.7. The number of hydrogen-bond donors (Lipinski definition) is 1. The van der Waals surface area contributed by atoms with Gasteiger partial charge in [0.25, 0.3) is 0 Å². The number of carbonyl (C=O) groups is 1. The molecule has 0 amide bonds. The lowest BCUT2D eigenvalue weighted by atomic mass is 10.1. The highest BCUT2D eigenvalue weighted by atomic mass is 16.6. The third-order valence-electron chi connectivity index (χ3n) is 5.15. The molecule has 0 unspecified atom stereocenters. The molecule has 1 saturated heterocycles. The van der Waals surface area contributed by atoms with Crippen LogP contribution in [0.5, 0.6) is 17.2 Å². The van der Waals surface area contributed by atoms with Crippen molar-refractivity contribution in [3.05, 3.63) is 47.5 Å². The van der Waals surface area contributed by atoms with Gasteiger partial charge in [-0.05, 0) is 37.3 Å². The normalized spacial score (nSPS) is 17.0. The van der Waals surface area contributed by atoms with E-state index < -0.39 is 0 Å². The van der Waals surface area contributed by atoms with E-state index >= 15 is 0 Å². The maximum Gasteiger partial charge on any atom is 0.165 e. The second-order valence-corrected chi connectivity index (χ2v) is 6.99. The highest BCUT2D eigenvalue weighted by Gasteiger charge is 2.21. The van der Waals surface area contributed by atoms with Gasteiger partial charge < -0.3 is 19.5 Å². The van der Waals surface area contributed by atoms with Crippen LogP contribution in [0, 0.1) is 0 Å². The number of nitrogens with zero attached hydrogens (tertiary/aromatic N) is 2. The first-order chi connectivity index (χ1) is 13.1. The molecule has 6 nitrogen and oxygen atoms in total. The molecule has 0 aromatic heterocycles. The van der Waals surface area contributed by atoms with E-state index in [0.717, 1.165) is 43.0 Å². The number of ether oxygens (including phenoxy) is 2. The average molecular weight is 368 g/mol. The van der Waals surface area contributed by atoms with Crippen molar-refractivity contribution < 1.29 is 19.4 Å². The number of fused-ring (bicyclic) bond motifs is 1. The van der Waals surface area contributed by atoms with E-state index in [1.54, 1.807) is 13.0 Å². The monoisotopic (exact) mass is 368 g/mol. The molecule has 0 bridgehead atoms. The van der Waals surface area contributed by atoms with Crippen molar-refractivity contribution in [2.45, 2.75) is 13.5 Å². The van der Waals surface area contributed by atoms with Crippen molar-refractivity contribution in [2.75, 3.05) is 44.3 Å². The van der Waals surface area contributed by atoms with Crippen LogP contribution in [0.1, 0.15) is 22.8 Å². The molecule has 0 saturated carbocycles. The largest absolute Gasteiger partial charge is 0.507 e. The number of benzene rings is 2. The summed E-state index contributed by atoms with van der Waals surface area (Å²) in [5.41, 5.74) is 2.74. The lowest BCUT2D eigenvalue weighted by Crippen LogP contribution is -2.46. The predicted molar refractivity (Wildman–Crippen MR) is 103 cm³/mol. The van der Waals surface area contributed by atoms with Crippen molar-refractivity contribution in [3.63, 3.8) is 0 Å². The molecule has 2 aromatic rings. The first-order valence-corrected chi connectivity index (χ1v) is 9.30. The third-order valence-corrected chi connectivity index (χ3v) is 5.15. The van der Waals surface area contributed by atoms with Crippen LogP contribution >= 0.6 is 0 Å². The van der Waals surface area contributed by atoms with Gasteiger partial charge in [-0.3, -0.25) is 9.69 Å². The number of piperazine rings is 1. The first-order valence-electron chi connectivity index (χ1n) is 9.30. The van der Waals surface area contributed by atoms with Gasteiger partial charge in [0.1, 0.15) is 19.0 Å². The number of ketones is 1. The third kappa shape index (κ3) is 3.85. The summed E-state index contributed by atoms with van der Waals surface area (Å²) in [6.45, 7) is 6.94. The molecule has 6 heteroatoms. The van der Waals surface area contributed by atoms with Crippen LogP contribution < -0.4 is 14.4 Å². The summed E-state index contributed by atoms with van der Waals surface area (Å²) >= 11 is 0. The molecule has 2 aliphatic heterocycles. The van der Waals surface area contributed by atoms with Crippen molar-refractivity contribution in [1.29, 1.82) is 0 Å². The standard InChI is InChI=1S/C21H24N2O4/c1-15(24)16-2-4-18(5-3-16)23-8-6-22(7-9-23)14-17-12-20-21(13-19(17)25)27-11-10-26-20/h2-5,12-13,25H,6-11,14H2,1H3. The Morgan fingerprint density at radius 2 is 1.63 bits per heavy atom. The molecular formula is C21H24N2O4. The van der Waals surface area contributed by atoms with E-state index in [4.69, 9.17) is 9.47 Å². The van der Waals surface area contributed by atoms with Crippen molar-refractivity contribution in [3.8, 4) is 17.2 Å². The summed E-state index contributed by atoms with van der Waals surface area (Å²) in [7, 11) is 0. The van der Waals surface area contributed by atoms with E-state index in [1.165, 1.54) is 0 Å². The van der Waals surface area contributed by atoms with Gasteiger partial charge in [0.05, 0.1) is 0 Å². The van der Waals surface area contributed by atoms with Crippen molar-refractivity contribution >= 4 is 11.5 Å². The zero-order valence-corrected chi connectivity index (χ0v) is 15.5. The zero-order valence-electron chi connectivity index (χ0n) is 15.5. The number of carbonyl (C=O) groups excluding carboxylic acids is 1. The summed E-state index contributed by atoms with van der Waals surface area (Å²) in [5, 5.41) is 10.3. The van der Waals surface area contributed by atoms with Gasteiger partial charge in [0.15, 0.2) is 17.3 Å². The molecule has 4 rings (SSSR count). The summed E-state index contributed by atoms with van der Waals surface area (Å²) in [6, 6.07) is 11.3. The predicted octanol–water partition coefficient (Wildman–Crippen LogP) is 2.69. The van der Waals surface area contributed by atoms with Crippen LogP contribution in [0.2, 0.25) is 0 Å². The Labute approximate surface area is 158 Å². The molecule has 27 heavy (non-hydrogen) atoms. The maximum absolute atomic E-state index is 11.4. The Morgan fingerprint density at radius 1 is 1.00 bits per heavy atom. The molecule has 142 valence electrons. The fourth-order valence-corrected chi connectivity index (χ4v) is 3.56. The summed E-state index contributed by atoms with van der Waals surface area (Å²) < 4.78 is 11.1. The molecular weight excluding hydrogens is 344 g/mol. The van der Waals surface area contributed by atoms with Gasteiger partial charge >= 0.3 is 0 Å². The Bertz CT molecular complexity index is 827. The van der Waals surface area contributed by atoms with E-state index in [-0.39, 0.29) is 11.5 Å². The molecule has 2 aromatic carbocycles. The van der Waals surface area contributed by atoms with Crippen LogP contribution in [0.15, 0.2) is 36.4 Å². The van der Waals surface area contributed by atoms with Crippen molar-refractivity contribution in [1.82, 2.24) is 4.90 Å². The molecule has 2 heterocycles.